The fourth-order valence-electron chi connectivity index (χ4n) is 1.96. The Morgan fingerprint density at radius 1 is 1.14 bits per heavy atom. The van der Waals surface area contributed by atoms with E-state index in [1.165, 1.54) is 18.2 Å². The van der Waals surface area contributed by atoms with Crippen molar-refractivity contribution < 1.29 is 18.3 Å². The van der Waals surface area contributed by atoms with Gasteiger partial charge >= 0.3 is 6.61 Å². The number of hydrogen-bond acceptors (Lipinski definition) is 2. The number of hydrogen-bond donors (Lipinski definition) is 1. The highest BCUT2D eigenvalue weighted by atomic mass is 79.9. The van der Waals surface area contributed by atoms with E-state index >= 15 is 0 Å². The molecule has 0 aliphatic heterocycles. The molecule has 0 bridgehead atoms. The van der Waals surface area contributed by atoms with Crippen molar-refractivity contribution in [1.82, 2.24) is 5.32 Å². The third kappa shape index (κ3) is 4.53. The molecule has 22 heavy (non-hydrogen) atoms. The summed E-state index contributed by atoms with van der Waals surface area (Å²) in [5.41, 5.74) is 1.15. The lowest BCUT2D eigenvalue weighted by molar-refractivity contribution is -0.0501. The Labute approximate surface area is 135 Å². The van der Waals surface area contributed by atoms with E-state index < -0.39 is 12.5 Å². The number of benzene rings is 2. The average Bonchev–Trinajstić information content (AvgIpc) is 2.49. The largest absolute Gasteiger partial charge is 0.434 e. The summed E-state index contributed by atoms with van der Waals surface area (Å²) in [5, 5.41) is 2.70. The Balaban J connectivity index is 1.97. The molecule has 2 rings (SSSR count). The lowest BCUT2D eigenvalue weighted by Gasteiger charge is -2.11. The molecule has 6 heteroatoms. The fourth-order valence-corrected chi connectivity index (χ4v) is 2.44. The molecule has 0 spiro atoms. The van der Waals surface area contributed by atoms with E-state index in [0.717, 1.165) is 10.0 Å². The van der Waals surface area contributed by atoms with Gasteiger partial charge in [-0.2, -0.15) is 8.78 Å². The number of carbonyl (C=O) groups excluding carboxylic acids is 1. The summed E-state index contributed by atoms with van der Waals surface area (Å²) in [4.78, 5) is 12.1. The predicted molar refractivity (Wildman–Crippen MR) is 83.3 cm³/mol. The van der Waals surface area contributed by atoms with Crippen molar-refractivity contribution in [1.29, 1.82) is 0 Å². The number of carbonyl (C=O) groups is 1. The van der Waals surface area contributed by atoms with Gasteiger partial charge in [0.25, 0.3) is 5.91 Å². The van der Waals surface area contributed by atoms with Crippen molar-refractivity contribution in [3.05, 3.63) is 64.1 Å². The van der Waals surface area contributed by atoms with E-state index in [1.807, 2.05) is 24.3 Å². The SMILES string of the molecule is O=C(NCCc1ccccc1Br)c1ccccc1OC(F)F. The molecular weight excluding hydrogens is 356 g/mol. The third-order valence-electron chi connectivity index (χ3n) is 2.99. The number of rotatable bonds is 6. The normalized spacial score (nSPS) is 10.5. The van der Waals surface area contributed by atoms with Crippen LogP contribution in [0.1, 0.15) is 15.9 Å². The van der Waals surface area contributed by atoms with Crippen molar-refractivity contribution in [2.75, 3.05) is 6.54 Å². The molecule has 2 aromatic rings. The van der Waals surface area contributed by atoms with Crippen molar-refractivity contribution in [3.8, 4) is 5.75 Å². The minimum absolute atomic E-state index is 0.0925. The van der Waals surface area contributed by atoms with Crippen LogP contribution in [0.25, 0.3) is 0 Å². The summed E-state index contributed by atoms with van der Waals surface area (Å²) in [6, 6.07) is 13.6. The Kier molecular flexibility index (Phi) is 5.89. The smallest absolute Gasteiger partial charge is 0.387 e. The molecule has 0 heterocycles. The zero-order chi connectivity index (χ0) is 15.9. The van der Waals surface area contributed by atoms with Gasteiger partial charge in [0.2, 0.25) is 0 Å². The monoisotopic (exact) mass is 369 g/mol. The molecule has 2 aromatic carbocycles. The summed E-state index contributed by atoms with van der Waals surface area (Å²) in [6.45, 7) is -2.57. The first kappa shape index (κ1) is 16.4. The highest BCUT2D eigenvalue weighted by Crippen LogP contribution is 2.20. The number of ether oxygens (including phenoxy) is 1. The molecule has 3 nitrogen and oxygen atoms in total. The van der Waals surface area contributed by atoms with Gasteiger partial charge in [-0.3, -0.25) is 4.79 Å². The molecule has 116 valence electrons. The van der Waals surface area contributed by atoms with Crippen molar-refractivity contribution in [3.63, 3.8) is 0 Å². The van der Waals surface area contributed by atoms with E-state index in [4.69, 9.17) is 0 Å². The van der Waals surface area contributed by atoms with Gasteiger partial charge in [0, 0.05) is 11.0 Å². The molecular formula is C16H14BrF2NO2. The van der Waals surface area contributed by atoms with Gasteiger partial charge in [-0.25, -0.2) is 0 Å². The second-order valence-corrected chi connectivity index (χ2v) is 5.33. The van der Waals surface area contributed by atoms with Crippen molar-refractivity contribution in [2.45, 2.75) is 13.0 Å². The van der Waals surface area contributed by atoms with Gasteiger partial charge in [0.05, 0.1) is 5.56 Å². The first-order chi connectivity index (χ1) is 10.6. The molecule has 0 aliphatic carbocycles. The number of para-hydroxylation sites is 1. The van der Waals surface area contributed by atoms with Crippen molar-refractivity contribution in [2.24, 2.45) is 0 Å². The zero-order valence-corrected chi connectivity index (χ0v) is 13.1. The average molecular weight is 370 g/mol. The minimum Gasteiger partial charge on any atom is -0.434 e. The van der Waals surface area contributed by atoms with Gasteiger partial charge in [0.15, 0.2) is 0 Å². The second kappa shape index (κ2) is 7.89. The maximum atomic E-state index is 12.3. The molecule has 0 unspecified atom stereocenters. The number of halogens is 3. The fraction of sp³-hybridized carbons (Fsp3) is 0.188. The van der Waals surface area contributed by atoms with Gasteiger partial charge < -0.3 is 10.1 Å². The van der Waals surface area contributed by atoms with E-state index in [1.54, 1.807) is 6.07 Å². The second-order valence-electron chi connectivity index (χ2n) is 4.47. The van der Waals surface area contributed by atoms with E-state index in [9.17, 15) is 13.6 Å². The molecule has 0 aliphatic rings. The molecule has 0 fully saturated rings. The Hall–Kier alpha value is -1.95. The lowest BCUT2D eigenvalue weighted by atomic mass is 10.1. The number of alkyl halides is 2. The first-order valence-electron chi connectivity index (χ1n) is 6.63. The van der Waals surface area contributed by atoms with Crippen LogP contribution in [0.2, 0.25) is 0 Å². The highest BCUT2D eigenvalue weighted by Gasteiger charge is 2.14. The third-order valence-corrected chi connectivity index (χ3v) is 3.76. The van der Waals surface area contributed by atoms with E-state index in [2.05, 4.69) is 26.0 Å². The van der Waals surface area contributed by atoms with E-state index in [-0.39, 0.29) is 11.3 Å². The van der Waals surface area contributed by atoms with Crippen LogP contribution in [0.5, 0.6) is 5.75 Å². The quantitative estimate of drug-likeness (QED) is 0.834. The van der Waals surface area contributed by atoms with Crippen LogP contribution < -0.4 is 10.1 Å². The van der Waals surface area contributed by atoms with Crippen LogP contribution in [0.3, 0.4) is 0 Å². The summed E-state index contributed by atoms with van der Waals surface area (Å²) < 4.78 is 30.0. The summed E-state index contributed by atoms with van der Waals surface area (Å²) in [5.74, 6) is -0.570. The standard InChI is InChI=1S/C16H14BrF2NO2/c17-13-7-3-1-5-11(13)9-10-20-15(21)12-6-2-4-8-14(12)22-16(18)19/h1-8,16H,9-10H2,(H,20,21). The minimum atomic E-state index is -2.96. The predicted octanol–water partition coefficient (Wildman–Crippen LogP) is 4.02. The number of nitrogens with one attached hydrogen (secondary N) is 1. The molecule has 0 radical (unpaired) electrons. The molecule has 0 saturated carbocycles. The Morgan fingerprint density at radius 2 is 1.82 bits per heavy atom. The molecule has 1 amide bonds. The number of amides is 1. The zero-order valence-electron chi connectivity index (χ0n) is 11.6. The van der Waals surface area contributed by atoms with Crippen LogP contribution in [-0.4, -0.2) is 19.1 Å². The van der Waals surface area contributed by atoms with Crippen LogP contribution in [-0.2, 0) is 6.42 Å². The molecule has 0 saturated heterocycles. The van der Waals surface area contributed by atoms with Crippen LogP contribution in [0, 0.1) is 0 Å². The first-order valence-corrected chi connectivity index (χ1v) is 7.42. The maximum Gasteiger partial charge on any atom is 0.387 e. The van der Waals surface area contributed by atoms with Gasteiger partial charge in [-0.05, 0) is 30.2 Å². The van der Waals surface area contributed by atoms with Gasteiger partial charge in [-0.15, -0.1) is 0 Å². The molecule has 1 N–H and O–H groups in total. The maximum absolute atomic E-state index is 12.3. The van der Waals surface area contributed by atoms with Crippen molar-refractivity contribution >= 4 is 21.8 Å². The van der Waals surface area contributed by atoms with Crippen LogP contribution >= 0.6 is 15.9 Å². The summed E-state index contributed by atoms with van der Waals surface area (Å²) >= 11 is 3.43. The summed E-state index contributed by atoms with van der Waals surface area (Å²) in [7, 11) is 0. The Morgan fingerprint density at radius 3 is 2.55 bits per heavy atom. The van der Waals surface area contributed by atoms with E-state index in [0.29, 0.717) is 13.0 Å². The van der Waals surface area contributed by atoms with Crippen LogP contribution in [0.4, 0.5) is 8.78 Å². The molecule has 0 atom stereocenters. The van der Waals surface area contributed by atoms with Crippen LogP contribution in [0.15, 0.2) is 53.0 Å². The van der Waals surface area contributed by atoms with Gasteiger partial charge in [-0.1, -0.05) is 46.3 Å². The molecule has 0 aromatic heterocycles. The topological polar surface area (TPSA) is 38.3 Å². The lowest BCUT2D eigenvalue weighted by Crippen LogP contribution is -2.26. The Bertz CT molecular complexity index is 650. The summed E-state index contributed by atoms with van der Waals surface area (Å²) in [6.07, 6.45) is 0.630. The highest BCUT2D eigenvalue weighted by molar-refractivity contribution is 9.10. The van der Waals surface area contributed by atoms with Gasteiger partial charge in [0.1, 0.15) is 5.75 Å².